The van der Waals surface area contributed by atoms with E-state index in [-0.39, 0.29) is 17.2 Å². The number of hydrogen-bond acceptors (Lipinski definition) is 6. The van der Waals surface area contributed by atoms with Gasteiger partial charge >= 0.3 is 5.97 Å². The Morgan fingerprint density at radius 1 is 1.61 bits per heavy atom. The average Bonchev–Trinajstić information content (AvgIpc) is 2.77. The van der Waals surface area contributed by atoms with E-state index in [0.717, 1.165) is 11.3 Å². The number of nitrogens with one attached hydrogen (secondary N) is 1. The zero-order valence-corrected chi connectivity index (χ0v) is 11.3. The maximum Gasteiger partial charge on any atom is 0.356 e. The molecule has 3 N–H and O–H groups in total. The molecule has 1 atom stereocenters. The third-order valence-corrected chi connectivity index (χ3v) is 5.16. The molecule has 0 aliphatic rings. The first-order valence-corrected chi connectivity index (χ1v) is 7.58. The van der Waals surface area contributed by atoms with Crippen molar-refractivity contribution < 1.29 is 23.4 Å². The van der Waals surface area contributed by atoms with Crippen LogP contribution in [-0.4, -0.2) is 42.2 Å². The van der Waals surface area contributed by atoms with Crippen LogP contribution in [0.4, 0.5) is 0 Å². The number of thiazole rings is 1. The lowest BCUT2D eigenvalue weighted by Crippen LogP contribution is -2.35. The van der Waals surface area contributed by atoms with E-state index in [4.69, 9.17) is 10.2 Å². The summed E-state index contributed by atoms with van der Waals surface area (Å²) in [4.78, 5) is 14.3. The Labute approximate surface area is 109 Å². The van der Waals surface area contributed by atoms with Gasteiger partial charge in [0.15, 0.2) is 9.90 Å². The summed E-state index contributed by atoms with van der Waals surface area (Å²) in [5.41, 5.74) is 0.691. The number of carbonyl (C=O) groups is 1. The van der Waals surface area contributed by atoms with E-state index >= 15 is 0 Å². The van der Waals surface area contributed by atoms with E-state index in [0.29, 0.717) is 6.42 Å². The number of hydrogen-bond donors (Lipinski definition) is 3. The SMILES string of the molecule is CCC(CCO)NS(=O)(=O)c1scnc1C(=O)O. The summed E-state index contributed by atoms with van der Waals surface area (Å²) in [6, 6.07) is -0.427. The van der Waals surface area contributed by atoms with E-state index in [1.54, 1.807) is 6.92 Å². The molecule has 0 aliphatic carbocycles. The molecule has 0 saturated carbocycles. The second kappa shape index (κ2) is 6.23. The van der Waals surface area contributed by atoms with E-state index in [1.165, 1.54) is 5.51 Å². The Kier molecular flexibility index (Phi) is 5.20. The van der Waals surface area contributed by atoms with Crippen LogP contribution in [0.1, 0.15) is 30.3 Å². The van der Waals surface area contributed by atoms with Crippen LogP contribution in [0.25, 0.3) is 0 Å². The standard InChI is InChI=1S/C9H14N2O5S2/c1-2-6(3-4-12)11-18(15,16)9-7(8(13)14)10-5-17-9/h5-6,11-12H,2-4H2,1H3,(H,13,14). The van der Waals surface area contributed by atoms with Crippen molar-refractivity contribution in [3.05, 3.63) is 11.2 Å². The Balaban J connectivity index is 2.99. The molecule has 1 unspecified atom stereocenters. The van der Waals surface area contributed by atoms with Crippen LogP contribution in [0.5, 0.6) is 0 Å². The summed E-state index contributed by atoms with van der Waals surface area (Å²) in [5.74, 6) is -1.38. The third kappa shape index (κ3) is 3.48. The Hall–Kier alpha value is -1.03. The van der Waals surface area contributed by atoms with Gasteiger partial charge in [-0.3, -0.25) is 0 Å². The van der Waals surface area contributed by atoms with E-state index in [2.05, 4.69) is 9.71 Å². The van der Waals surface area contributed by atoms with Crippen molar-refractivity contribution in [2.24, 2.45) is 0 Å². The molecule has 1 rings (SSSR count). The number of aromatic nitrogens is 1. The average molecular weight is 294 g/mol. The lowest BCUT2D eigenvalue weighted by Gasteiger charge is -2.15. The van der Waals surface area contributed by atoms with Gasteiger partial charge in [-0.05, 0) is 12.8 Å². The summed E-state index contributed by atoms with van der Waals surface area (Å²) in [7, 11) is -3.91. The van der Waals surface area contributed by atoms with Gasteiger partial charge in [-0.2, -0.15) is 0 Å². The highest BCUT2D eigenvalue weighted by molar-refractivity contribution is 7.91. The van der Waals surface area contributed by atoms with Crippen molar-refractivity contribution in [3.8, 4) is 0 Å². The topological polar surface area (TPSA) is 117 Å². The predicted molar refractivity (Wildman–Crippen MR) is 65.2 cm³/mol. The Morgan fingerprint density at radius 3 is 2.78 bits per heavy atom. The van der Waals surface area contributed by atoms with Gasteiger partial charge in [-0.15, -0.1) is 11.3 Å². The van der Waals surface area contributed by atoms with Crippen molar-refractivity contribution in [2.75, 3.05) is 6.61 Å². The number of aliphatic hydroxyl groups excluding tert-OH is 1. The van der Waals surface area contributed by atoms with Crippen molar-refractivity contribution in [3.63, 3.8) is 0 Å². The molecule has 9 heteroatoms. The number of carboxylic acid groups (broad SMARTS) is 1. The zero-order valence-electron chi connectivity index (χ0n) is 9.66. The number of aliphatic hydroxyl groups is 1. The molecule has 0 bridgehead atoms. The summed E-state index contributed by atoms with van der Waals surface area (Å²) < 4.78 is 26.0. The van der Waals surface area contributed by atoms with Gasteiger partial charge in [0, 0.05) is 12.6 Å². The van der Waals surface area contributed by atoms with Gasteiger partial charge < -0.3 is 10.2 Å². The second-order valence-corrected chi connectivity index (χ2v) is 6.30. The lowest BCUT2D eigenvalue weighted by atomic mass is 10.2. The molecular formula is C9H14N2O5S2. The Bertz CT molecular complexity index is 511. The van der Waals surface area contributed by atoms with Gasteiger partial charge in [0.25, 0.3) is 10.0 Å². The van der Waals surface area contributed by atoms with Crippen molar-refractivity contribution in [1.29, 1.82) is 0 Å². The molecule has 0 spiro atoms. The van der Waals surface area contributed by atoms with Crippen LogP contribution >= 0.6 is 11.3 Å². The summed E-state index contributed by atoms with van der Waals surface area (Å²) >= 11 is 0.750. The minimum atomic E-state index is -3.91. The molecule has 102 valence electrons. The zero-order chi connectivity index (χ0) is 13.8. The monoisotopic (exact) mass is 294 g/mol. The first kappa shape index (κ1) is 15.0. The summed E-state index contributed by atoms with van der Waals surface area (Å²) in [5, 5.41) is 17.6. The van der Waals surface area contributed by atoms with Gasteiger partial charge in [0.1, 0.15) is 0 Å². The van der Waals surface area contributed by atoms with Crippen molar-refractivity contribution in [1.82, 2.24) is 9.71 Å². The minimum absolute atomic E-state index is 0.143. The number of carboxylic acids is 1. The normalized spacial score (nSPS) is 13.4. The molecule has 0 aromatic carbocycles. The van der Waals surface area contributed by atoms with Gasteiger partial charge in [0.2, 0.25) is 0 Å². The fourth-order valence-corrected chi connectivity index (χ4v) is 3.85. The predicted octanol–water partition coefficient (Wildman–Crippen LogP) is 0.281. The number of aromatic carboxylic acids is 1. The maximum absolute atomic E-state index is 12.0. The summed E-state index contributed by atoms with van der Waals surface area (Å²) in [6.45, 7) is 1.63. The number of rotatable bonds is 7. The van der Waals surface area contributed by atoms with Gasteiger partial charge in [-0.25, -0.2) is 22.9 Å². The molecule has 0 saturated heterocycles. The smallest absolute Gasteiger partial charge is 0.356 e. The van der Waals surface area contributed by atoms with E-state index < -0.39 is 27.7 Å². The molecule has 1 heterocycles. The van der Waals surface area contributed by atoms with Gasteiger partial charge in [0.05, 0.1) is 5.51 Å². The largest absolute Gasteiger partial charge is 0.476 e. The van der Waals surface area contributed by atoms with Crippen molar-refractivity contribution in [2.45, 2.75) is 30.0 Å². The van der Waals surface area contributed by atoms with Crippen LogP contribution in [0, 0.1) is 0 Å². The fourth-order valence-electron chi connectivity index (χ4n) is 1.34. The molecule has 1 aromatic rings. The molecule has 7 nitrogen and oxygen atoms in total. The fraction of sp³-hybridized carbons (Fsp3) is 0.556. The van der Waals surface area contributed by atoms with Crippen LogP contribution in [0.15, 0.2) is 9.72 Å². The second-order valence-electron chi connectivity index (χ2n) is 3.53. The first-order valence-electron chi connectivity index (χ1n) is 5.22. The minimum Gasteiger partial charge on any atom is -0.476 e. The highest BCUT2D eigenvalue weighted by Gasteiger charge is 2.27. The highest BCUT2D eigenvalue weighted by atomic mass is 32.2. The van der Waals surface area contributed by atoms with Crippen LogP contribution in [0.3, 0.4) is 0 Å². The molecule has 18 heavy (non-hydrogen) atoms. The molecular weight excluding hydrogens is 280 g/mol. The quantitative estimate of drug-likeness (QED) is 0.665. The Morgan fingerprint density at radius 2 is 2.28 bits per heavy atom. The van der Waals surface area contributed by atoms with Crippen LogP contribution in [0.2, 0.25) is 0 Å². The molecule has 0 amide bonds. The van der Waals surface area contributed by atoms with Gasteiger partial charge in [-0.1, -0.05) is 6.92 Å². The van der Waals surface area contributed by atoms with E-state index in [9.17, 15) is 13.2 Å². The van der Waals surface area contributed by atoms with Crippen LogP contribution in [-0.2, 0) is 10.0 Å². The lowest BCUT2D eigenvalue weighted by molar-refractivity contribution is 0.0687. The highest BCUT2D eigenvalue weighted by Crippen LogP contribution is 2.20. The molecule has 0 aliphatic heterocycles. The molecule has 0 radical (unpaired) electrons. The number of nitrogens with zero attached hydrogens (tertiary/aromatic N) is 1. The number of sulfonamides is 1. The van der Waals surface area contributed by atoms with E-state index in [1.807, 2.05) is 0 Å². The first-order chi connectivity index (χ1) is 8.42. The molecule has 1 aromatic heterocycles. The van der Waals surface area contributed by atoms with Crippen LogP contribution < -0.4 is 4.72 Å². The summed E-state index contributed by atoms with van der Waals surface area (Å²) in [6.07, 6.45) is 0.776. The van der Waals surface area contributed by atoms with Crippen molar-refractivity contribution >= 4 is 27.3 Å². The molecule has 0 fully saturated rings. The third-order valence-electron chi connectivity index (χ3n) is 2.27. The maximum atomic E-state index is 12.0.